The van der Waals surface area contributed by atoms with Crippen LogP contribution < -0.4 is 11.1 Å². The topological polar surface area (TPSA) is 147 Å². The highest BCUT2D eigenvalue weighted by molar-refractivity contribution is 5.77. The van der Waals surface area contributed by atoms with E-state index < -0.39 is 35.1 Å². The SMILES string of the molecule is CC(C)(C)OC(=O)N1CCN(CCNC(=O)CN)CCN(C(=O)OC(C)(C)C)CCN(C(=O)OC(C)(C)C)CC1. The van der Waals surface area contributed by atoms with Crippen molar-refractivity contribution >= 4 is 24.2 Å². The lowest BCUT2D eigenvalue weighted by atomic mass is 10.2. The van der Waals surface area contributed by atoms with E-state index in [1.165, 1.54) is 4.90 Å². The van der Waals surface area contributed by atoms with Gasteiger partial charge in [-0.3, -0.25) is 9.69 Å². The Hall–Kier alpha value is -2.80. The van der Waals surface area contributed by atoms with E-state index in [1.807, 2.05) is 0 Å². The highest BCUT2D eigenvalue weighted by atomic mass is 16.6. The average molecular weight is 573 g/mol. The first-order valence-electron chi connectivity index (χ1n) is 13.9. The zero-order chi connectivity index (χ0) is 30.7. The minimum Gasteiger partial charge on any atom is -0.444 e. The molecule has 0 atom stereocenters. The van der Waals surface area contributed by atoms with Crippen LogP contribution in [-0.4, -0.2) is 133 Å². The predicted octanol–water partition coefficient (Wildman–Crippen LogP) is 2.09. The van der Waals surface area contributed by atoms with E-state index in [4.69, 9.17) is 19.9 Å². The lowest BCUT2D eigenvalue weighted by molar-refractivity contribution is -0.119. The van der Waals surface area contributed by atoms with Crippen molar-refractivity contribution in [2.24, 2.45) is 5.73 Å². The van der Waals surface area contributed by atoms with Crippen molar-refractivity contribution in [3.63, 3.8) is 0 Å². The Labute approximate surface area is 239 Å². The second-order valence-corrected chi connectivity index (χ2v) is 12.8. The van der Waals surface area contributed by atoms with Crippen LogP contribution in [0.3, 0.4) is 0 Å². The van der Waals surface area contributed by atoms with Crippen LogP contribution in [0.5, 0.6) is 0 Å². The number of amides is 4. The fourth-order valence-corrected chi connectivity index (χ4v) is 3.63. The van der Waals surface area contributed by atoms with Gasteiger partial charge >= 0.3 is 18.3 Å². The number of rotatable bonds is 4. The monoisotopic (exact) mass is 572 g/mol. The van der Waals surface area contributed by atoms with Crippen LogP contribution in [0.4, 0.5) is 14.4 Å². The fraction of sp³-hybridized carbons (Fsp3) is 0.852. The highest BCUT2D eigenvalue weighted by Crippen LogP contribution is 2.14. The van der Waals surface area contributed by atoms with Crippen LogP contribution in [0, 0.1) is 0 Å². The van der Waals surface area contributed by atoms with Gasteiger partial charge in [0.25, 0.3) is 0 Å². The Morgan fingerprint density at radius 3 is 1.18 bits per heavy atom. The summed E-state index contributed by atoms with van der Waals surface area (Å²) in [5.74, 6) is -0.262. The standard InChI is InChI=1S/C27H52N6O7/c1-25(2,3)38-22(35)31-14-12-30(11-10-29-21(34)20-28)13-15-32(23(36)39-26(4,5)6)17-19-33(18-16-31)24(37)40-27(7,8)9/h10-20,28H2,1-9H3,(H,29,34). The van der Waals surface area contributed by atoms with Gasteiger partial charge in [0.2, 0.25) is 5.91 Å². The summed E-state index contributed by atoms with van der Waals surface area (Å²) in [5, 5.41) is 2.76. The molecule has 0 radical (unpaired) electrons. The van der Waals surface area contributed by atoms with E-state index in [9.17, 15) is 19.2 Å². The predicted molar refractivity (Wildman–Crippen MR) is 152 cm³/mol. The molecular formula is C27H52N6O7. The normalized spacial score (nSPS) is 16.9. The first-order chi connectivity index (χ1) is 18.3. The number of carbonyl (C=O) groups excluding carboxylic acids is 4. The average Bonchev–Trinajstić information content (AvgIpc) is 2.76. The first-order valence-corrected chi connectivity index (χ1v) is 13.9. The van der Waals surface area contributed by atoms with Crippen LogP contribution in [-0.2, 0) is 19.0 Å². The molecule has 1 fully saturated rings. The third kappa shape index (κ3) is 15.1. The van der Waals surface area contributed by atoms with E-state index in [-0.39, 0.29) is 38.6 Å². The summed E-state index contributed by atoms with van der Waals surface area (Å²) in [6, 6.07) is 0. The van der Waals surface area contributed by atoms with Gasteiger partial charge in [0, 0.05) is 65.4 Å². The van der Waals surface area contributed by atoms with Crippen LogP contribution >= 0.6 is 0 Å². The Bertz CT molecular complexity index is 804. The van der Waals surface area contributed by atoms with E-state index in [0.29, 0.717) is 39.3 Å². The maximum absolute atomic E-state index is 13.1. The molecule has 0 spiro atoms. The van der Waals surface area contributed by atoms with Crippen molar-refractivity contribution in [1.29, 1.82) is 0 Å². The molecule has 1 aliphatic heterocycles. The van der Waals surface area contributed by atoms with Crippen molar-refractivity contribution in [2.75, 3.05) is 72.0 Å². The first kappa shape index (κ1) is 35.2. The molecule has 13 heteroatoms. The third-order valence-corrected chi connectivity index (χ3v) is 5.54. The quantitative estimate of drug-likeness (QED) is 0.483. The van der Waals surface area contributed by atoms with Crippen molar-refractivity contribution in [1.82, 2.24) is 24.9 Å². The Balaban J connectivity index is 3.23. The van der Waals surface area contributed by atoms with Gasteiger partial charge in [0.15, 0.2) is 0 Å². The molecule has 232 valence electrons. The van der Waals surface area contributed by atoms with Gasteiger partial charge < -0.3 is 40.0 Å². The largest absolute Gasteiger partial charge is 0.444 e. The Morgan fingerprint density at radius 1 is 0.600 bits per heavy atom. The fourth-order valence-electron chi connectivity index (χ4n) is 3.63. The minimum absolute atomic E-state index is 0.104. The summed E-state index contributed by atoms with van der Waals surface area (Å²) in [6.45, 7) is 19.2. The third-order valence-electron chi connectivity index (χ3n) is 5.54. The van der Waals surface area contributed by atoms with Gasteiger partial charge in [-0.25, -0.2) is 14.4 Å². The molecule has 1 aliphatic rings. The van der Waals surface area contributed by atoms with Gasteiger partial charge in [-0.15, -0.1) is 0 Å². The molecule has 0 unspecified atom stereocenters. The molecule has 0 aliphatic carbocycles. The van der Waals surface area contributed by atoms with Crippen molar-refractivity contribution in [3.8, 4) is 0 Å². The molecule has 0 aromatic rings. The van der Waals surface area contributed by atoms with E-state index in [2.05, 4.69) is 10.2 Å². The molecule has 1 saturated heterocycles. The molecular weight excluding hydrogens is 520 g/mol. The van der Waals surface area contributed by atoms with Crippen molar-refractivity contribution in [3.05, 3.63) is 0 Å². The number of carbonyl (C=O) groups is 4. The number of ether oxygens (including phenoxy) is 3. The molecule has 1 heterocycles. The molecule has 3 N–H and O–H groups in total. The zero-order valence-corrected chi connectivity index (χ0v) is 26.0. The van der Waals surface area contributed by atoms with Crippen LogP contribution in [0.1, 0.15) is 62.3 Å². The summed E-state index contributed by atoms with van der Waals surface area (Å²) >= 11 is 0. The maximum Gasteiger partial charge on any atom is 0.410 e. The minimum atomic E-state index is -0.712. The van der Waals surface area contributed by atoms with Crippen molar-refractivity contribution in [2.45, 2.75) is 79.1 Å². The molecule has 0 aromatic carbocycles. The molecule has 13 nitrogen and oxygen atoms in total. The second-order valence-electron chi connectivity index (χ2n) is 12.8. The lowest BCUT2D eigenvalue weighted by Crippen LogP contribution is -2.52. The molecule has 4 amide bonds. The summed E-state index contributed by atoms with van der Waals surface area (Å²) in [4.78, 5) is 57.6. The second kappa shape index (κ2) is 15.3. The number of nitrogens with one attached hydrogen (secondary N) is 1. The number of nitrogens with zero attached hydrogens (tertiary/aromatic N) is 4. The van der Waals surface area contributed by atoms with E-state index in [0.717, 1.165) is 0 Å². The molecule has 0 saturated carbocycles. The number of nitrogens with two attached hydrogens (primary N) is 1. The van der Waals surface area contributed by atoms with E-state index >= 15 is 0 Å². The lowest BCUT2D eigenvalue weighted by Gasteiger charge is -2.35. The number of hydrogen-bond acceptors (Lipinski definition) is 9. The molecule has 40 heavy (non-hydrogen) atoms. The van der Waals surface area contributed by atoms with Crippen LogP contribution in [0.2, 0.25) is 0 Å². The van der Waals surface area contributed by atoms with Crippen molar-refractivity contribution < 1.29 is 33.4 Å². The van der Waals surface area contributed by atoms with Crippen LogP contribution in [0.15, 0.2) is 0 Å². The van der Waals surface area contributed by atoms with E-state index in [1.54, 1.807) is 72.1 Å². The Kier molecular flexibility index (Phi) is 13.4. The summed E-state index contributed by atoms with van der Waals surface area (Å²) in [6.07, 6.45) is -1.50. The van der Waals surface area contributed by atoms with Gasteiger partial charge in [0.05, 0.1) is 6.54 Å². The highest BCUT2D eigenvalue weighted by Gasteiger charge is 2.29. The smallest absolute Gasteiger partial charge is 0.410 e. The van der Waals surface area contributed by atoms with Gasteiger partial charge in [0.1, 0.15) is 16.8 Å². The summed E-state index contributed by atoms with van der Waals surface area (Å²) in [5.41, 5.74) is 3.31. The van der Waals surface area contributed by atoms with Gasteiger partial charge in [-0.05, 0) is 62.3 Å². The summed E-state index contributed by atoms with van der Waals surface area (Å²) < 4.78 is 16.9. The molecule has 1 rings (SSSR count). The molecule has 0 aromatic heterocycles. The molecule has 0 bridgehead atoms. The Morgan fingerprint density at radius 2 is 0.900 bits per heavy atom. The van der Waals surface area contributed by atoms with Gasteiger partial charge in [-0.2, -0.15) is 0 Å². The number of hydrogen-bond donors (Lipinski definition) is 2. The van der Waals surface area contributed by atoms with Crippen LogP contribution in [0.25, 0.3) is 0 Å². The van der Waals surface area contributed by atoms with Gasteiger partial charge in [-0.1, -0.05) is 0 Å². The maximum atomic E-state index is 13.1. The summed E-state index contributed by atoms with van der Waals surface area (Å²) in [7, 11) is 0. The zero-order valence-electron chi connectivity index (χ0n) is 26.0.